The van der Waals surface area contributed by atoms with Gasteiger partial charge in [0.15, 0.2) is 0 Å². The number of aliphatic hydroxyl groups is 1. The van der Waals surface area contributed by atoms with Gasteiger partial charge in [0, 0.05) is 31.5 Å². The van der Waals surface area contributed by atoms with E-state index in [2.05, 4.69) is 11.8 Å². The number of esters is 1. The molecule has 0 amide bonds. The Morgan fingerprint density at radius 1 is 1.20 bits per heavy atom. The van der Waals surface area contributed by atoms with Crippen LogP contribution in [0.2, 0.25) is 0 Å². The number of hydrogen-bond acceptors (Lipinski definition) is 5. The molecule has 5 rings (SSSR count). The summed E-state index contributed by atoms with van der Waals surface area (Å²) in [7, 11) is 0. The summed E-state index contributed by atoms with van der Waals surface area (Å²) in [4.78, 5) is 15.1. The Hall–Kier alpha value is -0.650. The summed E-state index contributed by atoms with van der Waals surface area (Å²) >= 11 is 0. The molecule has 5 fully saturated rings. The molecule has 0 aromatic carbocycles. The van der Waals surface area contributed by atoms with E-state index in [4.69, 9.17) is 9.47 Å². The van der Waals surface area contributed by atoms with Crippen molar-refractivity contribution in [2.45, 2.75) is 57.7 Å². The highest BCUT2D eigenvalue weighted by Gasteiger charge is 2.77. The molecule has 5 heteroatoms. The minimum absolute atomic E-state index is 0.0244. The number of rotatable bonds is 2. The van der Waals surface area contributed by atoms with Crippen molar-refractivity contribution in [2.24, 2.45) is 28.6 Å². The maximum absolute atomic E-state index is 12.8. The molecular weight excluding hydrogens is 318 g/mol. The van der Waals surface area contributed by atoms with Gasteiger partial charge in [-0.25, -0.2) is 0 Å². The van der Waals surface area contributed by atoms with Gasteiger partial charge in [-0.05, 0) is 49.9 Å². The largest absolute Gasteiger partial charge is 0.461 e. The van der Waals surface area contributed by atoms with Crippen molar-refractivity contribution >= 4 is 5.97 Å². The first kappa shape index (κ1) is 16.5. The molecule has 1 N–H and O–H groups in total. The van der Waals surface area contributed by atoms with Crippen LogP contribution in [0.4, 0.5) is 0 Å². The van der Waals surface area contributed by atoms with Crippen LogP contribution >= 0.6 is 0 Å². The van der Waals surface area contributed by atoms with Gasteiger partial charge < -0.3 is 14.6 Å². The monoisotopic (exact) mass is 349 g/mol. The van der Waals surface area contributed by atoms with Gasteiger partial charge in [0.2, 0.25) is 0 Å². The van der Waals surface area contributed by atoms with Crippen molar-refractivity contribution in [2.75, 3.05) is 32.8 Å². The van der Waals surface area contributed by atoms with Crippen molar-refractivity contribution in [3.8, 4) is 0 Å². The van der Waals surface area contributed by atoms with Gasteiger partial charge in [-0.15, -0.1) is 0 Å². The van der Waals surface area contributed by atoms with Crippen LogP contribution in [0.25, 0.3) is 0 Å². The maximum atomic E-state index is 12.8. The molecule has 2 saturated heterocycles. The van der Waals surface area contributed by atoms with Crippen LogP contribution in [0, 0.1) is 28.6 Å². The molecule has 25 heavy (non-hydrogen) atoms. The molecule has 3 saturated carbocycles. The number of hydrogen-bond donors (Lipinski definition) is 1. The lowest BCUT2D eigenvalue weighted by molar-refractivity contribution is -0.151. The number of nitrogens with zero attached hydrogens (tertiary/aromatic N) is 1. The quantitative estimate of drug-likeness (QED) is 0.771. The Kier molecular flexibility index (Phi) is 3.44. The zero-order chi connectivity index (χ0) is 17.4. The van der Waals surface area contributed by atoms with Crippen molar-refractivity contribution in [3.63, 3.8) is 0 Å². The summed E-state index contributed by atoms with van der Waals surface area (Å²) in [5.41, 5.74) is -0.137. The van der Waals surface area contributed by atoms with E-state index in [1.54, 1.807) is 0 Å². The van der Waals surface area contributed by atoms with Crippen molar-refractivity contribution in [3.05, 3.63) is 0 Å². The normalized spacial score (nSPS) is 55.1. The smallest absolute Gasteiger partial charge is 0.310 e. The van der Waals surface area contributed by atoms with Gasteiger partial charge in [-0.3, -0.25) is 9.69 Å². The molecule has 0 aromatic rings. The van der Waals surface area contributed by atoms with Crippen LogP contribution in [0.5, 0.6) is 0 Å². The summed E-state index contributed by atoms with van der Waals surface area (Å²) < 4.78 is 11.5. The second-order valence-electron chi connectivity index (χ2n) is 9.85. The molecule has 7 atom stereocenters. The van der Waals surface area contributed by atoms with Gasteiger partial charge in [0.25, 0.3) is 0 Å². The van der Waals surface area contributed by atoms with E-state index in [1.807, 2.05) is 6.92 Å². The molecule has 5 aliphatic rings. The molecule has 1 spiro atoms. The third-order valence-electron chi connectivity index (χ3n) is 8.54. The fraction of sp³-hybridized carbons (Fsp3) is 0.950. The zero-order valence-electron chi connectivity index (χ0n) is 15.5. The molecule has 0 aromatic heterocycles. The Morgan fingerprint density at radius 2 is 1.96 bits per heavy atom. The van der Waals surface area contributed by atoms with Crippen LogP contribution in [0.1, 0.15) is 46.0 Å². The first-order chi connectivity index (χ1) is 11.9. The summed E-state index contributed by atoms with van der Waals surface area (Å²) in [6.45, 7) is 8.51. The molecule has 0 radical (unpaired) electrons. The van der Waals surface area contributed by atoms with E-state index in [-0.39, 0.29) is 35.2 Å². The van der Waals surface area contributed by atoms with E-state index < -0.39 is 5.60 Å². The van der Waals surface area contributed by atoms with E-state index in [0.29, 0.717) is 5.41 Å². The first-order valence-corrected chi connectivity index (χ1v) is 10.1. The molecule has 0 unspecified atom stereocenters. The Bertz CT molecular complexity index is 586. The summed E-state index contributed by atoms with van der Waals surface area (Å²) in [5.74, 6) is 0.337. The summed E-state index contributed by atoms with van der Waals surface area (Å²) in [5, 5.41) is 11.1. The van der Waals surface area contributed by atoms with Crippen molar-refractivity contribution in [1.29, 1.82) is 0 Å². The molecule has 2 heterocycles. The average molecular weight is 349 g/mol. The van der Waals surface area contributed by atoms with Gasteiger partial charge in [-0.2, -0.15) is 0 Å². The number of carbonyl (C=O) groups is 1. The third-order valence-corrected chi connectivity index (χ3v) is 8.54. The van der Waals surface area contributed by atoms with E-state index in [1.165, 1.54) is 12.8 Å². The standard InChI is InChI=1S/C20H31NO4/c1-18-4-3-13-14(11-21-7-9-24-10-8-21)17(22)25-15(13)16-19(2,23)5-6-20(16,18)12-18/h13-16,23H,3-12H2,1-2H3/t13-,14-,15-,16-,18-,19+,20-/m0/s1. The highest BCUT2D eigenvalue weighted by molar-refractivity contribution is 5.75. The second-order valence-corrected chi connectivity index (χ2v) is 9.85. The zero-order valence-corrected chi connectivity index (χ0v) is 15.5. The Morgan fingerprint density at radius 3 is 2.72 bits per heavy atom. The SMILES string of the molecule is C[C@@]12CC[C@@H]3[C@H](OC(=O)[C@H]3CN3CCOCC3)[C@@H]3[C@]1(CC[C@@]3(C)O)C2. The van der Waals surface area contributed by atoms with Crippen LogP contribution < -0.4 is 0 Å². The fourth-order valence-corrected chi connectivity index (χ4v) is 7.07. The van der Waals surface area contributed by atoms with Crippen LogP contribution in [-0.4, -0.2) is 60.5 Å². The second kappa shape index (κ2) is 5.20. The van der Waals surface area contributed by atoms with Gasteiger partial charge in [0.1, 0.15) is 6.10 Å². The third kappa shape index (κ3) is 2.21. The van der Waals surface area contributed by atoms with E-state index in [9.17, 15) is 9.90 Å². The Labute approximate surface area is 150 Å². The van der Waals surface area contributed by atoms with Crippen LogP contribution in [-0.2, 0) is 14.3 Å². The predicted octanol–water partition coefficient (Wildman–Crippen LogP) is 1.83. The highest BCUT2D eigenvalue weighted by atomic mass is 16.6. The number of carbonyl (C=O) groups excluding carboxylic acids is 1. The number of ether oxygens (including phenoxy) is 2. The van der Waals surface area contributed by atoms with Crippen LogP contribution in [0.3, 0.4) is 0 Å². The van der Waals surface area contributed by atoms with Crippen LogP contribution in [0.15, 0.2) is 0 Å². The lowest BCUT2D eigenvalue weighted by Gasteiger charge is -2.36. The molecule has 5 nitrogen and oxygen atoms in total. The topological polar surface area (TPSA) is 59.0 Å². The van der Waals surface area contributed by atoms with E-state index in [0.717, 1.165) is 52.1 Å². The summed E-state index contributed by atoms with van der Waals surface area (Å²) in [6.07, 6.45) is 5.31. The minimum atomic E-state index is -0.695. The van der Waals surface area contributed by atoms with Gasteiger partial charge in [-0.1, -0.05) is 6.92 Å². The molecule has 0 bridgehead atoms. The maximum Gasteiger partial charge on any atom is 0.310 e. The minimum Gasteiger partial charge on any atom is -0.461 e. The summed E-state index contributed by atoms with van der Waals surface area (Å²) in [6, 6.07) is 0. The van der Waals surface area contributed by atoms with E-state index >= 15 is 0 Å². The van der Waals surface area contributed by atoms with Crippen molar-refractivity contribution in [1.82, 2.24) is 4.90 Å². The lowest BCUT2D eigenvalue weighted by Crippen LogP contribution is -2.45. The highest BCUT2D eigenvalue weighted by Crippen LogP contribution is 2.80. The number of morpholine rings is 1. The molecule has 2 aliphatic heterocycles. The predicted molar refractivity (Wildman–Crippen MR) is 91.9 cm³/mol. The Balaban J connectivity index is 1.43. The molecular formula is C20H31NO4. The van der Waals surface area contributed by atoms with Gasteiger partial charge >= 0.3 is 5.97 Å². The van der Waals surface area contributed by atoms with Crippen molar-refractivity contribution < 1.29 is 19.4 Å². The first-order valence-electron chi connectivity index (χ1n) is 10.1. The average Bonchev–Trinajstić information content (AvgIpc) is 2.94. The van der Waals surface area contributed by atoms with Gasteiger partial charge in [0.05, 0.1) is 24.7 Å². The lowest BCUT2D eigenvalue weighted by atomic mass is 9.73. The number of fused-ring (bicyclic) bond motifs is 2. The fourth-order valence-electron chi connectivity index (χ4n) is 7.07. The molecule has 3 aliphatic carbocycles. The molecule has 140 valence electrons.